The number of esters is 1. The molecule has 1 aliphatic rings. The summed E-state index contributed by atoms with van der Waals surface area (Å²) < 4.78 is 4.40. The van der Waals surface area contributed by atoms with Gasteiger partial charge in [-0.1, -0.05) is 0 Å². The first-order chi connectivity index (χ1) is 6.16. The lowest BCUT2D eigenvalue weighted by Gasteiger charge is -2.21. The van der Waals surface area contributed by atoms with Crippen LogP contribution in [0.25, 0.3) is 0 Å². The monoisotopic (exact) mass is 188 g/mol. The number of hydrogen-bond acceptors (Lipinski definition) is 4. The minimum absolute atomic E-state index is 0.211. The molecule has 4 heteroatoms. The average Bonchev–Trinajstić information content (AvgIpc) is 2.06. The van der Waals surface area contributed by atoms with Crippen molar-refractivity contribution in [3.8, 4) is 0 Å². The quantitative estimate of drug-likeness (QED) is 0.592. The Morgan fingerprint density at radius 1 is 1.46 bits per heavy atom. The fraction of sp³-hybridized carbons (Fsp3) is 0.889. The molecule has 0 amide bonds. The van der Waals surface area contributed by atoms with Crippen LogP contribution in [0.3, 0.4) is 0 Å². The van der Waals surface area contributed by atoms with Gasteiger partial charge in [0.1, 0.15) is 0 Å². The summed E-state index contributed by atoms with van der Waals surface area (Å²) in [5.41, 5.74) is 0. The Kier molecular flexibility index (Phi) is 7.63. The molecule has 0 aromatic carbocycles. The minimum atomic E-state index is -0.211. The van der Waals surface area contributed by atoms with Crippen molar-refractivity contribution in [3.63, 3.8) is 0 Å². The number of hydrogen-bond donors (Lipinski definition) is 1. The van der Waals surface area contributed by atoms with E-state index in [9.17, 15) is 4.79 Å². The molecule has 13 heavy (non-hydrogen) atoms. The number of piperazine rings is 1. The number of nitrogens with zero attached hydrogens (tertiary/aromatic N) is 1. The first-order valence-corrected chi connectivity index (χ1v) is 4.69. The first kappa shape index (κ1) is 12.4. The summed E-state index contributed by atoms with van der Waals surface area (Å²) in [4.78, 5) is 12.2. The van der Waals surface area contributed by atoms with Crippen LogP contribution in [0.5, 0.6) is 0 Å². The molecule has 0 radical (unpaired) electrons. The van der Waals surface area contributed by atoms with Crippen LogP contribution in [0.1, 0.15) is 13.8 Å². The van der Waals surface area contributed by atoms with Crippen LogP contribution in [0.4, 0.5) is 0 Å². The molecule has 4 nitrogen and oxygen atoms in total. The van der Waals surface area contributed by atoms with Crippen molar-refractivity contribution in [1.82, 2.24) is 10.2 Å². The van der Waals surface area contributed by atoms with Crippen molar-refractivity contribution in [3.05, 3.63) is 0 Å². The average molecular weight is 188 g/mol. The Labute approximate surface area is 80.2 Å². The van der Waals surface area contributed by atoms with Crippen LogP contribution in [0.2, 0.25) is 0 Å². The van der Waals surface area contributed by atoms with Crippen molar-refractivity contribution in [2.75, 3.05) is 39.8 Å². The maximum atomic E-state index is 9.82. The highest BCUT2D eigenvalue weighted by atomic mass is 16.5. The molecule has 0 atom stereocenters. The first-order valence-electron chi connectivity index (χ1n) is 4.69. The third-order valence-electron chi connectivity index (χ3n) is 1.69. The van der Waals surface area contributed by atoms with E-state index < -0.39 is 0 Å². The van der Waals surface area contributed by atoms with Gasteiger partial charge in [0.05, 0.1) is 6.61 Å². The maximum Gasteiger partial charge on any atom is 0.302 e. The highest BCUT2D eigenvalue weighted by molar-refractivity contribution is 5.65. The van der Waals surface area contributed by atoms with Gasteiger partial charge in [-0.15, -0.1) is 0 Å². The third kappa shape index (κ3) is 9.30. The molecule has 0 aliphatic carbocycles. The highest BCUT2D eigenvalue weighted by Crippen LogP contribution is 1.83. The molecule has 1 N–H and O–H groups in total. The Bertz CT molecular complexity index is 134. The van der Waals surface area contributed by atoms with Crippen molar-refractivity contribution in [1.29, 1.82) is 0 Å². The lowest BCUT2D eigenvalue weighted by atomic mass is 10.4. The van der Waals surface area contributed by atoms with E-state index >= 15 is 0 Å². The van der Waals surface area contributed by atoms with Gasteiger partial charge in [-0.3, -0.25) is 4.79 Å². The molecule has 0 spiro atoms. The van der Waals surface area contributed by atoms with Crippen molar-refractivity contribution in [2.24, 2.45) is 0 Å². The molecule has 0 bridgehead atoms. The SMILES string of the molecule is CCOC(C)=O.CN1CCNCC1. The summed E-state index contributed by atoms with van der Waals surface area (Å²) in [5, 5.41) is 3.27. The van der Waals surface area contributed by atoms with Crippen molar-refractivity contribution < 1.29 is 9.53 Å². The Hall–Kier alpha value is -0.610. The van der Waals surface area contributed by atoms with Crippen molar-refractivity contribution in [2.45, 2.75) is 13.8 Å². The molecule has 0 unspecified atom stereocenters. The fourth-order valence-corrected chi connectivity index (χ4v) is 0.980. The number of nitrogens with one attached hydrogen (secondary N) is 1. The summed E-state index contributed by atoms with van der Waals surface area (Å²) >= 11 is 0. The lowest BCUT2D eigenvalue weighted by Crippen LogP contribution is -2.40. The van der Waals surface area contributed by atoms with Crippen LogP contribution in [0, 0.1) is 0 Å². The molecular weight excluding hydrogens is 168 g/mol. The second-order valence-electron chi connectivity index (χ2n) is 2.98. The van der Waals surface area contributed by atoms with Gasteiger partial charge < -0.3 is 15.0 Å². The topological polar surface area (TPSA) is 41.6 Å². The summed E-state index contributed by atoms with van der Waals surface area (Å²) in [7, 11) is 2.15. The molecule has 1 heterocycles. The van der Waals surface area contributed by atoms with Gasteiger partial charge in [0.15, 0.2) is 0 Å². The normalized spacial score (nSPS) is 17.2. The molecule has 1 saturated heterocycles. The summed E-state index contributed by atoms with van der Waals surface area (Å²) in [6.07, 6.45) is 0. The van der Waals surface area contributed by atoms with Crippen LogP contribution >= 0.6 is 0 Å². The Morgan fingerprint density at radius 2 is 2.00 bits per heavy atom. The fourth-order valence-electron chi connectivity index (χ4n) is 0.980. The second-order valence-corrected chi connectivity index (χ2v) is 2.98. The largest absolute Gasteiger partial charge is 0.466 e. The molecule has 1 aliphatic heterocycles. The van der Waals surface area contributed by atoms with Crippen LogP contribution in [-0.4, -0.2) is 50.7 Å². The van der Waals surface area contributed by atoms with Crippen LogP contribution in [-0.2, 0) is 9.53 Å². The van der Waals surface area contributed by atoms with Gasteiger partial charge in [-0.25, -0.2) is 0 Å². The van der Waals surface area contributed by atoms with E-state index in [1.54, 1.807) is 6.92 Å². The van der Waals surface area contributed by atoms with E-state index in [1.807, 2.05) is 0 Å². The molecule has 1 fully saturated rings. The lowest BCUT2D eigenvalue weighted by molar-refractivity contribution is -0.140. The molecule has 78 valence electrons. The van der Waals surface area contributed by atoms with Gasteiger partial charge in [0.2, 0.25) is 0 Å². The Morgan fingerprint density at radius 3 is 2.15 bits per heavy atom. The smallest absolute Gasteiger partial charge is 0.302 e. The number of likely N-dealkylation sites (N-methyl/N-ethyl adjacent to an activating group) is 1. The maximum absolute atomic E-state index is 9.82. The highest BCUT2D eigenvalue weighted by Gasteiger charge is 2.01. The third-order valence-corrected chi connectivity index (χ3v) is 1.69. The predicted octanol–water partition coefficient (Wildman–Crippen LogP) is 0.0908. The van der Waals surface area contributed by atoms with E-state index in [0.29, 0.717) is 6.61 Å². The number of carbonyl (C=O) groups is 1. The van der Waals surface area contributed by atoms with E-state index in [-0.39, 0.29) is 5.97 Å². The zero-order valence-corrected chi connectivity index (χ0v) is 8.80. The van der Waals surface area contributed by atoms with Gasteiger partial charge in [0, 0.05) is 33.1 Å². The van der Waals surface area contributed by atoms with Crippen LogP contribution < -0.4 is 5.32 Å². The van der Waals surface area contributed by atoms with Gasteiger partial charge in [-0.2, -0.15) is 0 Å². The molecule has 0 aromatic heterocycles. The molecule has 1 rings (SSSR count). The van der Waals surface area contributed by atoms with Gasteiger partial charge in [-0.05, 0) is 14.0 Å². The number of carbonyl (C=O) groups excluding carboxylic acids is 1. The summed E-state index contributed by atoms with van der Waals surface area (Å²) in [6, 6.07) is 0. The van der Waals surface area contributed by atoms with E-state index in [1.165, 1.54) is 20.0 Å². The molecule has 0 aromatic rings. The number of rotatable bonds is 1. The summed E-state index contributed by atoms with van der Waals surface area (Å²) in [6.45, 7) is 8.40. The van der Waals surface area contributed by atoms with Gasteiger partial charge in [0.25, 0.3) is 0 Å². The Balaban J connectivity index is 0.000000226. The van der Waals surface area contributed by atoms with E-state index in [2.05, 4.69) is 22.0 Å². The predicted molar refractivity (Wildman–Crippen MR) is 52.7 cm³/mol. The van der Waals surface area contributed by atoms with Gasteiger partial charge >= 0.3 is 5.97 Å². The second kappa shape index (κ2) is 8.01. The van der Waals surface area contributed by atoms with E-state index in [4.69, 9.17) is 0 Å². The van der Waals surface area contributed by atoms with Crippen molar-refractivity contribution >= 4 is 5.97 Å². The van der Waals surface area contributed by atoms with Crippen LogP contribution in [0.15, 0.2) is 0 Å². The number of ether oxygens (including phenoxy) is 1. The molecular formula is C9H20N2O2. The zero-order valence-electron chi connectivity index (χ0n) is 8.80. The molecule has 0 saturated carbocycles. The summed E-state index contributed by atoms with van der Waals surface area (Å²) in [5.74, 6) is -0.211. The minimum Gasteiger partial charge on any atom is -0.466 e. The zero-order chi connectivity index (χ0) is 10.1. The van der Waals surface area contributed by atoms with E-state index in [0.717, 1.165) is 13.1 Å². The standard InChI is InChI=1S/C5H12N2.C4H8O2/c1-7-4-2-6-3-5-7;1-3-6-4(2)5/h6H,2-5H2,1H3;3H2,1-2H3.